The molecule has 0 spiro atoms. The van der Waals surface area contributed by atoms with Crippen molar-refractivity contribution in [1.29, 1.82) is 0 Å². The number of hydrogen-bond donors (Lipinski definition) is 1. The van der Waals surface area contributed by atoms with Crippen LogP contribution in [0.4, 0.5) is 0 Å². The second kappa shape index (κ2) is 7.01. The topological polar surface area (TPSA) is 29.3 Å². The normalized spacial score (nSPS) is 20.4. The highest BCUT2D eigenvalue weighted by molar-refractivity contribution is 7.80. The van der Waals surface area contributed by atoms with Crippen molar-refractivity contribution in [3.8, 4) is 0 Å². The molecule has 1 heterocycles. The maximum absolute atomic E-state index is 5.83. The highest BCUT2D eigenvalue weighted by atomic mass is 32.1. The number of likely N-dealkylation sites (tertiary alicyclic amines) is 1. The lowest BCUT2D eigenvalue weighted by Gasteiger charge is -2.36. The summed E-state index contributed by atoms with van der Waals surface area (Å²) in [6.45, 7) is 4.46. The van der Waals surface area contributed by atoms with Crippen LogP contribution >= 0.6 is 12.2 Å². The van der Waals surface area contributed by atoms with Gasteiger partial charge >= 0.3 is 0 Å². The SMILES string of the molecule is CCCC1CCCCN1Cc1ccccc1C(N)=S. The first-order valence-electron chi connectivity index (χ1n) is 7.34. The summed E-state index contributed by atoms with van der Waals surface area (Å²) in [5, 5.41) is 0. The first kappa shape index (κ1) is 14.5. The molecule has 3 heteroatoms. The van der Waals surface area contributed by atoms with E-state index in [2.05, 4.69) is 24.0 Å². The van der Waals surface area contributed by atoms with E-state index in [9.17, 15) is 0 Å². The Morgan fingerprint density at radius 1 is 1.37 bits per heavy atom. The van der Waals surface area contributed by atoms with Crippen molar-refractivity contribution in [2.24, 2.45) is 5.73 Å². The summed E-state index contributed by atoms with van der Waals surface area (Å²) in [4.78, 5) is 3.13. The van der Waals surface area contributed by atoms with E-state index in [0.29, 0.717) is 4.99 Å². The van der Waals surface area contributed by atoms with Crippen molar-refractivity contribution in [1.82, 2.24) is 4.90 Å². The van der Waals surface area contributed by atoms with E-state index in [1.807, 2.05) is 12.1 Å². The minimum Gasteiger partial charge on any atom is -0.389 e. The molecule has 1 aliphatic rings. The van der Waals surface area contributed by atoms with Gasteiger partial charge in [-0.15, -0.1) is 0 Å². The average Bonchev–Trinajstić information content (AvgIpc) is 2.42. The predicted molar refractivity (Wildman–Crippen MR) is 85.3 cm³/mol. The molecule has 1 fully saturated rings. The Hall–Kier alpha value is -0.930. The fraction of sp³-hybridized carbons (Fsp3) is 0.562. The number of hydrogen-bond acceptors (Lipinski definition) is 2. The van der Waals surface area contributed by atoms with Crippen LogP contribution in [0.25, 0.3) is 0 Å². The average molecular weight is 276 g/mol. The van der Waals surface area contributed by atoms with Gasteiger partial charge in [0.25, 0.3) is 0 Å². The number of nitrogens with two attached hydrogens (primary N) is 1. The maximum atomic E-state index is 5.83. The van der Waals surface area contributed by atoms with E-state index in [4.69, 9.17) is 18.0 Å². The van der Waals surface area contributed by atoms with Crippen molar-refractivity contribution in [2.45, 2.75) is 51.6 Å². The van der Waals surface area contributed by atoms with Crippen LogP contribution in [-0.4, -0.2) is 22.5 Å². The number of thiocarbonyl (C=S) groups is 1. The van der Waals surface area contributed by atoms with Gasteiger partial charge in [-0.25, -0.2) is 0 Å². The van der Waals surface area contributed by atoms with Crippen LogP contribution in [0.2, 0.25) is 0 Å². The smallest absolute Gasteiger partial charge is 0.104 e. The quantitative estimate of drug-likeness (QED) is 0.835. The number of nitrogens with zero attached hydrogens (tertiary/aromatic N) is 1. The minimum absolute atomic E-state index is 0.514. The lowest BCUT2D eigenvalue weighted by Crippen LogP contribution is -2.39. The van der Waals surface area contributed by atoms with Crippen molar-refractivity contribution in [3.05, 3.63) is 35.4 Å². The molecular weight excluding hydrogens is 252 g/mol. The Kier molecular flexibility index (Phi) is 5.34. The van der Waals surface area contributed by atoms with Crippen LogP contribution in [-0.2, 0) is 6.54 Å². The number of rotatable bonds is 5. The summed E-state index contributed by atoms with van der Waals surface area (Å²) in [5.41, 5.74) is 8.14. The summed E-state index contributed by atoms with van der Waals surface area (Å²) in [7, 11) is 0. The Labute approximate surface area is 122 Å². The van der Waals surface area contributed by atoms with E-state index in [1.165, 1.54) is 44.2 Å². The Morgan fingerprint density at radius 3 is 2.89 bits per heavy atom. The van der Waals surface area contributed by atoms with Crippen LogP contribution in [0.15, 0.2) is 24.3 Å². The Morgan fingerprint density at radius 2 is 2.16 bits per heavy atom. The molecule has 0 amide bonds. The van der Waals surface area contributed by atoms with Crippen molar-refractivity contribution >= 4 is 17.2 Å². The van der Waals surface area contributed by atoms with Gasteiger partial charge in [-0.2, -0.15) is 0 Å². The highest BCUT2D eigenvalue weighted by Crippen LogP contribution is 2.24. The third kappa shape index (κ3) is 3.77. The van der Waals surface area contributed by atoms with Gasteiger partial charge in [-0.3, -0.25) is 4.90 Å². The molecule has 2 nitrogen and oxygen atoms in total. The summed E-state index contributed by atoms with van der Waals surface area (Å²) < 4.78 is 0. The van der Waals surface area contributed by atoms with Gasteiger partial charge in [0.15, 0.2) is 0 Å². The zero-order chi connectivity index (χ0) is 13.7. The molecule has 2 rings (SSSR count). The number of piperidine rings is 1. The van der Waals surface area contributed by atoms with E-state index in [0.717, 1.165) is 18.2 Å². The van der Waals surface area contributed by atoms with Crippen molar-refractivity contribution in [2.75, 3.05) is 6.54 Å². The Balaban J connectivity index is 2.12. The number of benzene rings is 1. The lowest BCUT2D eigenvalue weighted by molar-refractivity contribution is 0.131. The lowest BCUT2D eigenvalue weighted by atomic mass is 9.96. The minimum atomic E-state index is 0.514. The molecule has 0 aliphatic carbocycles. The predicted octanol–water partition coefficient (Wildman–Crippen LogP) is 3.48. The van der Waals surface area contributed by atoms with Gasteiger partial charge < -0.3 is 5.73 Å². The van der Waals surface area contributed by atoms with Crippen LogP contribution in [0, 0.1) is 0 Å². The molecule has 0 aromatic heterocycles. The van der Waals surface area contributed by atoms with E-state index >= 15 is 0 Å². The molecule has 1 saturated heterocycles. The molecule has 1 aromatic carbocycles. The third-order valence-electron chi connectivity index (χ3n) is 4.03. The molecule has 1 aliphatic heterocycles. The molecule has 2 N–H and O–H groups in total. The second-order valence-electron chi connectivity index (χ2n) is 5.43. The summed E-state index contributed by atoms with van der Waals surface area (Å²) in [6, 6.07) is 9.02. The molecular formula is C16H24N2S. The largest absolute Gasteiger partial charge is 0.389 e. The maximum Gasteiger partial charge on any atom is 0.104 e. The summed E-state index contributed by atoms with van der Waals surface area (Å²) >= 11 is 5.16. The molecule has 1 unspecified atom stereocenters. The van der Waals surface area contributed by atoms with E-state index < -0.39 is 0 Å². The van der Waals surface area contributed by atoms with Gasteiger partial charge in [0.1, 0.15) is 4.99 Å². The molecule has 0 saturated carbocycles. The molecule has 1 atom stereocenters. The van der Waals surface area contributed by atoms with Crippen molar-refractivity contribution in [3.63, 3.8) is 0 Å². The standard InChI is InChI=1S/C16H24N2S/c1-2-7-14-9-5-6-11-18(14)12-13-8-3-4-10-15(13)16(17)19/h3-4,8,10,14H,2,5-7,9,11-12H2,1H3,(H2,17,19). The van der Waals surface area contributed by atoms with E-state index in [1.54, 1.807) is 0 Å². The second-order valence-corrected chi connectivity index (χ2v) is 5.87. The molecule has 104 valence electrons. The summed E-state index contributed by atoms with van der Waals surface area (Å²) in [6.07, 6.45) is 6.59. The first-order valence-corrected chi connectivity index (χ1v) is 7.75. The fourth-order valence-corrected chi connectivity index (χ4v) is 3.24. The molecule has 0 radical (unpaired) electrons. The van der Waals surface area contributed by atoms with Crippen LogP contribution < -0.4 is 5.73 Å². The summed E-state index contributed by atoms with van der Waals surface area (Å²) in [5.74, 6) is 0. The molecule has 0 bridgehead atoms. The highest BCUT2D eigenvalue weighted by Gasteiger charge is 2.22. The van der Waals surface area contributed by atoms with Gasteiger partial charge in [0.2, 0.25) is 0 Å². The van der Waals surface area contributed by atoms with Gasteiger partial charge in [0.05, 0.1) is 0 Å². The van der Waals surface area contributed by atoms with Gasteiger partial charge in [0, 0.05) is 18.2 Å². The van der Waals surface area contributed by atoms with Crippen LogP contribution in [0.1, 0.15) is 50.2 Å². The zero-order valence-corrected chi connectivity index (χ0v) is 12.6. The monoisotopic (exact) mass is 276 g/mol. The van der Waals surface area contributed by atoms with Crippen molar-refractivity contribution < 1.29 is 0 Å². The van der Waals surface area contributed by atoms with E-state index in [-0.39, 0.29) is 0 Å². The molecule has 1 aromatic rings. The fourth-order valence-electron chi connectivity index (χ4n) is 3.05. The van der Waals surface area contributed by atoms with Gasteiger partial charge in [-0.1, -0.05) is 56.2 Å². The third-order valence-corrected chi connectivity index (χ3v) is 4.25. The Bertz CT molecular complexity index is 429. The zero-order valence-electron chi connectivity index (χ0n) is 11.8. The van der Waals surface area contributed by atoms with Crippen LogP contribution in [0.5, 0.6) is 0 Å². The van der Waals surface area contributed by atoms with Gasteiger partial charge in [-0.05, 0) is 31.4 Å². The van der Waals surface area contributed by atoms with Crippen LogP contribution in [0.3, 0.4) is 0 Å². The first-order chi connectivity index (χ1) is 9.22. The molecule has 19 heavy (non-hydrogen) atoms.